The van der Waals surface area contributed by atoms with E-state index in [1.165, 1.54) is 103 Å². The fourth-order valence-electron chi connectivity index (χ4n) is 13.4. The van der Waals surface area contributed by atoms with Crippen LogP contribution >= 0.6 is 0 Å². The highest BCUT2D eigenvalue weighted by molar-refractivity contribution is 7.00. The summed E-state index contributed by atoms with van der Waals surface area (Å²) in [7, 11) is 0. The second-order valence-corrected chi connectivity index (χ2v) is 19.9. The van der Waals surface area contributed by atoms with Gasteiger partial charge in [-0.3, -0.25) is 0 Å². The van der Waals surface area contributed by atoms with Gasteiger partial charge in [0, 0.05) is 56.6 Å². The van der Waals surface area contributed by atoms with Crippen LogP contribution in [-0.2, 0) is 5.41 Å². The first-order valence-corrected chi connectivity index (χ1v) is 24.0. The average molecular weight is 852 g/mol. The molecule has 8 aromatic carbocycles. The largest absolute Gasteiger partial charge is 0.483 e. The zero-order chi connectivity index (χ0) is 43.9. The SMILES string of the molecule is Cc1cc2c3c(c1)N1c4c(cccc4C4(C)CCCCC14C)B3c1ccc(N(c3ccccc3-c3cccc4ccccc34)c3cccc4c3OC3C=CC=CC43)cc1N2c1ccccc1. The highest BCUT2D eigenvalue weighted by Gasteiger charge is 2.61. The van der Waals surface area contributed by atoms with Crippen molar-refractivity contribution in [2.75, 3.05) is 14.7 Å². The zero-order valence-electron chi connectivity index (χ0n) is 37.7. The molecule has 0 aromatic heterocycles. The van der Waals surface area contributed by atoms with Crippen LogP contribution in [0.5, 0.6) is 5.75 Å². The molecule has 1 fully saturated rings. The molecule has 2 aliphatic carbocycles. The number of benzene rings is 8. The van der Waals surface area contributed by atoms with E-state index in [1.54, 1.807) is 0 Å². The van der Waals surface area contributed by atoms with E-state index in [4.69, 9.17) is 4.74 Å². The van der Waals surface area contributed by atoms with Crippen molar-refractivity contribution in [3.8, 4) is 16.9 Å². The zero-order valence-corrected chi connectivity index (χ0v) is 37.7. The Hall–Kier alpha value is -7.24. The van der Waals surface area contributed by atoms with E-state index in [0.717, 1.165) is 28.5 Å². The van der Waals surface area contributed by atoms with Crippen LogP contribution in [0.3, 0.4) is 0 Å². The van der Waals surface area contributed by atoms with Crippen molar-refractivity contribution in [2.24, 2.45) is 0 Å². The lowest BCUT2D eigenvalue weighted by atomic mass is 9.33. The van der Waals surface area contributed by atoms with Crippen LogP contribution in [0.15, 0.2) is 188 Å². The van der Waals surface area contributed by atoms with Gasteiger partial charge in [0.2, 0.25) is 0 Å². The third kappa shape index (κ3) is 5.06. The quantitative estimate of drug-likeness (QED) is 0.161. The highest BCUT2D eigenvalue weighted by Crippen LogP contribution is 2.62. The van der Waals surface area contributed by atoms with E-state index in [1.807, 2.05) is 0 Å². The summed E-state index contributed by atoms with van der Waals surface area (Å²) in [5, 5.41) is 2.46. The van der Waals surface area contributed by atoms with Crippen LogP contribution < -0.4 is 35.8 Å². The van der Waals surface area contributed by atoms with Crippen molar-refractivity contribution in [1.29, 1.82) is 0 Å². The van der Waals surface area contributed by atoms with E-state index >= 15 is 0 Å². The topological polar surface area (TPSA) is 19.0 Å². The molecule has 0 spiro atoms. The Balaban J connectivity index is 1.04. The molecule has 0 radical (unpaired) electrons. The molecule has 66 heavy (non-hydrogen) atoms. The number of para-hydroxylation sites is 4. The molecule has 4 unspecified atom stereocenters. The van der Waals surface area contributed by atoms with Gasteiger partial charge < -0.3 is 19.4 Å². The number of hydrogen-bond acceptors (Lipinski definition) is 4. The van der Waals surface area contributed by atoms with Crippen molar-refractivity contribution < 1.29 is 4.74 Å². The van der Waals surface area contributed by atoms with Gasteiger partial charge in [-0.2, -0.15) is 0 Å². The second-order valence-electron chi connectivity index (χ2n) is 19.9. The molecule has 5 heteroatoms. The summed E-state index contributed by atoms with van der Waals surface area (Å²) >= 11 is 0. The first kappa shape index (κ1) is 38.1. The van der Waals surface area contributed by atoms with Gasteiger partial charge in [0.25, 0.3) is 6.71 Å². The Morgan fingerprint density at radius 1 is 0.636 bits per heavy atom. The monoisotopic (exact) mass is 851 g/mol. The molecule has 14 rings (SSSR count). The van der Waals surface area contributed by atoms with Gasteiger partial charge in [0.1, 0.15) is 11.9 Å². The van der Waals surface area contributed by atoms with Gasteiger partial charge >= 0.3 is 0 Å². The number of anilines is 8. The number of nitrogens with zero attached hydrogens (tertiary/aromatic N) is 3. The number of fused-ring (bicyclic) bond motifs is 11. The lowest BCUT2D eigenvalue weighted by Gasteiger charge is -2.52. The molecule has 6 aliphatic rings. The van der Waals surface area contributed by atoms with Crippen LogP contribution in [0, 0.1) is 6.92 Å². The molecule has 0 saturated heterocycles. The van der Waals surface area contributed by atoms with Crippen molar-refractivity contribution in [1.82, 2.24) is 0 Å². The Morgan fingerprint density at radius 2 is 1.38 bits per heavy atom. The molecule has 4 atom stereocenters. The molecule has 8 aromatic rings. The minimum Gasteiger partial charge on any atom is -0.483 e. The summed E-state index contributed by atoms with van der Waals surface area (Å²) in [6, 6.07) is 61.7. The molecule has 1 saturated carbocycles. The molecule has 318 valence electrons. The molecule has 4 heterocycles. The van der Waals surface area contributed by atoms with E-state index in [9.17, 15) is 0 Å². The summed E-state index contributed by atoms with van der Waals surface area (Å²) in [5.74, 6) is 1.10. The standard InChI is InChI=1S/C61H50BN3O/c1-39-36-54-57-55(37-39)65-58-48(60(2)34-13-14-35-61(60,65)3)27-17-28-50(58)62(57)49-33-32-42(38-53(49)63(54)41-20-5-4-6-21-41)64(52-30-16-26-47-46-24-10-12-31-56(46)66-59(47)52)51-29-11-9-23-45(51)44-25-15-19-40-18-7-8-22-43(40)44/h4-12,15-33,36-38,46,56H,13-14,34-35H2,1-3H3. The lowest BCUT2D eigenvalue weighted by molar-refractivity contribution is 0.195. The van der Waals surface area contributed by atoms with Gasteiger partial charge in [0.05, 0.1) is 16.9 Å². The first-order valence-electron chi connectivity index (χ1n) is 24.0. The average Bonchev–Trinajstić information content (AvgIpc) is 3.84. The Morgan fingerprint density at radius 3 is 2.30 bits per heavy atom. The molecular weight excluding hydrogens is 802 g/mol. The maximum Gasteiger partial charge on any atom is 0.252 e. The minimum atomic E-state index is -0.0424. The van der Waals surface area contributed by atoms with Crippen LogP contribution in [-0.4, -0.2) is 18.4 Å². The van der Waals surface area contributed by atoms with Crippen LogP contribution in [0.1, 0.15) is 62.1 Å². The van der Waals surface area contributed by atoms with E-state index in [-0.39, 0.29) is 29.7 Å². The van der Waals surface area contributed by atoms with Gasteiger partial charge in [-0.1, -0.05) is 153 Å². The van der Waals surface area contributed by atoms with Gasteiger partial charge in [-0.15, -0.1) is 0 Å². The molecule has 4 aliphatic heterocycles. The molecule has 4 nitrogen and oxygen atoms in total. The molecular formula is C61H50BN3O. The number of aryl methyl sites for hydroxylation is 1. The molecule has 0 bridgehead atoms. The summed E-state index contributed by atoms with van der Waals surface area (Å²) in [5.41, 5.74) is 20.3. The van der Waals surface area contributed by atoms with Crippen molar-refractivity contribution in [3.05, 3.63) is 205 Å². The Bertz CT molecular complexity index is 3410. The van der Waals surface area contributed by atoms with E-state index in [2.05, 4.69) is 224 Å². The van der Waals surface area contributed by atoms with Crippen LogP contribution in [0.4, 0.5) is 45.5 Å². The van der Waals surface area contributed by atoms with Crippen LogP contribution in [0.2, 0.25) is 0 Å². The molecule has 0 N–H and O–H groups in total. The van der Waals surface area contributed by atoms with Gasteiger partial charge in [0.15, 0.2) is 0 Å². The predicted octanol–water partition coefficient (Wildman–Crippen LogP) is 13.6. The summed E-state index contributed by atoms with van der Waals surface area (Å²) in [6.45, 7) is 7.50. The van der Waals surface area contributed by atoms with Crippen molar-refractivity contribution in [3.63, 3.8) is 0 Å². The third-order valence-electron chi connectivity index (χ3n) is 16.5. The van der Waals surface area contributed by atoms with Crippen molar-refractivity contribution >= 4 is 79.4 Å². The number of hydrogen-bond donors (Lipinski definition) is 0. The Kier molecular flexibility index (Phi) is 8.01. The van der Waals surface area contributed by atoms with E-state index < -0.39 is 0 Å². The first-order chi connectivity index (χ1) is 32.4. The lowest BCUT2D eigenvalue weighted by Crippen LogP contribution is -2.64. The van der Waals surface area contributed by atoms with Crippen LogP contribution in [0.25, 0.3) is 21.9 Å². The number of rotatable bonds is 5. The maximum atomic E-state index is 7.03. The highest BCUT2D eigenvalue weighted by atomic mass is 16.5. The predicted molar refractivity (Wildman–Crippen MR) is 276 cm³/mol. The van der Waals surface area contributed by atoms with Gasteiger partial charge in [-0.05, 0) is 125 Å². The van der Waals surface area contributed by atoms with Crippen molar-refractivity contribution in [2.45, 2.75) is 69.4 Å². The second kappa shape index (κ2) is 13.9. The normalized spacial score (nSPS) is 22.3. The summed E-state index contributed by atoms with van der Waals surface area (Å²) < 4.78 is 7.03. The maximum absolute atomic E-state index is 7.03. The third-order valence-corrected chi connectivity index (χ3v) is 16.5. The Labute approximate surface area is 388 Å². The smallest absolute Gasteiger partial charge is 0.252 e. The van der Waals surface area contributed by atoms with Gasteiger partial charge in [-0.25, -0.2) is 0 Å². The number of ether oxygens (including phenoxy) is 1. The van der Waals surface area contributed by atoms with E-state index in [0.29, 0.717) is 0 Å². The molecule has 0 amide bonds. The fourth-order valence-corrected chi connectivity index (χ4v) is 13.4. The minimum absolute atomic E-state index is 0.0169. The summed E-state index contributed by atoms with van der Waals surface area (Å²) in [6.07, 6.45) is 13.7. The number of allylic oxidation sites excluding steroid dienone is 2. The fraction of sp³-hybridized carbons (Fsp3) is 0.180. The summed E-state index contributed by atoms with van der Waals surface area (Å²) in [4.78, 5) is 7.88.